The zero-order valence-electron chi connectivity index (χ0n) is 4.20. The fourth-order valence-corrected chi connectivity index (χ4v) is 1.73. The number of phosphoric acid groups is 1. The van der Waals surface area contributed by atoms with Gasteiger partial charge in [-0.2, -0.15) is 0 Å². The van der Waals surface area contributed by atoms with Gasteiger partial charge in [0, 0.05) is 0 Å². The van der Waals surface area contributed by atoms with Crippen LogP contribution in [0.25, 0.3) is 0 Å². The summed E-state index contributed by atoms with van der Waals surface area (Å²) in [5.74, 6) is 0. The molecule has 0 aliphatic rings. The van der Waals surface area contributed by atoms with Crippen molar-refractivity contribution in [1.82, 2.24) is 0 Å². The van der Waals surface area contributed by atoms with Crippen LogP contribution in [0, 0.1) is 0 Å². The number of rotatable bonds is 3. The van der Waals surface area contributed by atoms with E-state index in [1.54, 1.807) is 0 Å². The SMILES string of the molecule is O=P(O)([O][Mo])OS(=O)(=O)O. The van der Waals surface area contributed by atoms with Crippen LogP contribution in [0.3, 0.4) is 0 Å². The first-order chi connectivity index (χ1) is 4.27. The Morgan fingerprint density at radius 3 is 2.00 bits per heavy atom. The topological polar surface area (TPSA) is 110 Å². The van der Waals surface area contributed by atoms with Gasteiger partial charge in [-0.15, -0.1) is 0 Å². The first kappa shape index (κ1) is 10.7. The van der Waals surface area contributed by atoms with Crippen molar-refractivity contribution in [2.24, 2.45) is 0 Å². The molecule has 0 aromatic rings. The number of hydrogen-bond acceptors (Lipinski definition) is 5. The maximum absolute atomic E-state index is 10.2. The molecule has 7 nitrogen and oxygen atoms in total. The van der Waals surface area contributed by atoms with E-state index in [0.717, 1.165) is 0 Å². The molecular formula is H2MoO7PS. The number of hydrogen-bond donors (Lipinski definition) is 2. The van der Waals surface area contributed by atoms with Gasteiger partial charge in [0.05, 0.1) is 0 Å². The van der Waals surface area contributed by atoms with Gasteiger partial charge in [-0.3, -0.25) is 0 Å². The van der Waals surface area contributed by atoms with Crippen molar-refractivity contribution in [2.45, 2.75) is 0 Å². The Kier molecular flexibility index (Phi) is 3.64. The van der Waals surface area contributed by atoms with E-state index in [4.69, 9.17) is 9.45 Å². The van der Waals surface area contributed by atoms with Crippen LogP contribution in [-0.4, -0.2) is 17.9 Å². The molecule has 0 aromatic carbocycles. The van der Waals surface area contributed by atoms with E-state index in [-0.39, 0.29) is 0 Å². The summed E-state index contributed by atoms with van der Waals surface area (Å²) in [7, 11) is -9.56. The average Bonchev–Trinajstić information content (AvgIpc) is 1.60. The van der Waals surface area contributed by atoms with Gasteiger partial charge < -0.3 is 0 Å². The summed E-state index contributed by atoms with van der Waals surface area (Å²) in [5, 5.41) is 0. The molecule has 0 saturated heterocycles. The van der Waals surface area contributed by atoms with Crippen LogP contribution < -0.4 is 0 Å². The van der Waals surface area contributed by atoms with E-state index in [9.17, 15) is 13.0 Å². The standard InChI is InChI=1S/Mo.H3O7PS/c;1-8(2,3)7-9(4,5)6/h;(H2,1,2,3)(H,4,5,6)/q+1;/p-1. The van der Waals surface area contributed by atoms with Crippen LogP contribution in [-0.2, 0) is 42.3 Å². The molecule has 0 rings (SSSR count). The summed E-state index contributed by atoms with van der Waals surface area (Å²) in [6.45, 7) is 0. The third-order valence-electron chi connectivity index (χ3n) is 0.283. The summed E-state index contributed by atoms with van der Waals surface area (Å²) in [4.78, 5) is 8.23. The molecule has 61 valence electrons. The molecule has 10 heteroatoms. The monoisotopic (exact) mass is 275 g/mol. The fourth-order valence-electron chi connectivity index (χ4n) is 0.131. The minimum absolute atomic E-state index is 0.689. The van der Waals surface area contributed by atoms with Crippen LogP contribution in [0.2, 0.25) is 0 Å². The van der Waals surface area contributed by atoms with Crippen LogP contribution in [0.5, 0.6) is 0 Å². The molecule has 0 bridgehead atoms. The summed E-state index contributed by atoms with van der Waals surface area (Å²) in [5.41, 5.74) is 0. The van der Waals surface area contributed by atoms with Crippen molar-refractivity contribution in [1.29, 1.82) is 0 Å². The minimum atomic E-state index is -4.93. The quantitative estimate of drug-likeness (QED) is 0.400. The molecule has 0 heterocycles. The van der Waals surface area contributed by atoms with E-state index in [1.807, 2.05) is 0 Å². The van der Waals surface area contributed by atoms with E-state index >= 15 is 0 Å². The second kappa shape index (κ2) is 3.40. The Labute approximate surface area is 68.3 Å². The molecular weight excluding hydrogens is 271 g/mol. The molecule has 10 heavy (non-hydrogen) atoms. The Balaban J connectivity index is 4.32. The summed E-state index contributed by atoms with van der Waals surface area (Å²) in [6, 6.07) is 0. The first-order valence-corrected chi connectivity index (χ1v) is 5.28. The third-order valence-corrected chi connectivity index (χ3v) is 3.37. The third kappa shape index (κ3) is 5.49. The normalized spacial score (nSPS) is 18.2. The molecule has 0 amide bonds. The summed E-state index contributed by atoms with van der Waals surface area (Å²) in [6.07, 6.45) is 0. The molecule has 0 radical (unpaired) electrons. The van der Waals surface area contributed by atoms with Gasteiger partial charge in [0.25, 0.3) is 0 Å². The summed E-state index contributed by atoms with van der Waals surface area (Å²) < 4.78 is 44.3. The molecule has 1 unspecified atom stereocenters. The Bertz CT molecular complexity index is 238. The van der Waals surface area contributed by atoms with Crippen molar-refractivity contribution in [3.05, 3.63) is 0 Å². The van der Waals surface area contributed by atoms with Crippen molar-refractivity contribution in [2.75, 3.05) is 0 Å². The first-order valence-electron chi connectivity index (χ1n) is 1.60. The molecule has 0 spiro atoms. The molecule has 2 N–H and O–H groups in total. The molecule has 0 aromatic heterocycles. The van der Waals surface area contributed by atoms with Crippen molar-refractivity contribution in [3.8, 4) is 0 Å². The molecule has 0 fully saturated rings. The summed E-state index contributed by atoms with van der Waals surface area (Å²) >= 11 is 0.689. The van der Waals surface area contributed by atoms with Gasteiger partial charge in [-0.05, 0) is 0 Å². The fraction of sp³-hybridized carbons (Fsp3) is 0. The average molecular weight is 273 g/mol. The van der Waals surface area contributed by atoms with Crippen LogP contribution >= 0.6 is 7.82 Å². The van der Waals surface area contributed by atoms with E-state index in [0.29, 0.717) is 20.2 Å². The molecule has 0 saturated carbocycles. The van der Waals surface area contributed by atoms with Crippen molar-refractivity contribution < 1.29 is 49.8 Å². The Morgan fingerprint density at radius 2 is 1.90 bits per heavy atom. The van der Waals surface area contributed by atoms with Crippen LogP contribution in [0.4, 0.5) is 0 Å². The zero-order chi connectivity index (χ0) is 8.41. The van der Waals surface area contributed by atoms with E-state index in [1.165, 1.54) is 0 Å². The zero-order valence-corrected chi connectivity index (χ0v) is 7.92. The van der Waals surface area contributed by atoms with Crippen molar-refractivity contribution >= 4 is 18.2 Å². The van der Waals surface area contributed by atoms with Crippen LogP contribution in [0.1, 0.15) is 0 Å². The van der Waals surface area contributed by atoms with Gasteiger partial charge in [0.1, 0.15) is 0 Å². The van der Waals surface area contributed by atoms with Gasteiger partial charge in [-0.25, -0.2) is 0 Å². The van der Waals surface area contributed by atoms with Gasteiger partial charge in [0.15, 0.2) is 0 Å². The van der Waals surface area contributed by atoms with Crippen LogP contribution in [0.15, 0.2) is 0 Å². The predicted octanol–water partition coefficient (Wildman–Crippen LogP) is -0.615. The molecule has 0 aliphatic carbocycles. The van der Waals surface area contributed by atoms with Gasteiger partial charge >= 0.3 is 68.0 Å². The van der Waals surface area contributed by atoms with Crippen molar-refractivity contribution in [3.63, 3.8) is 0 Å². The second-order valence-corrected chi connectivity index (χ2v) is 4.68. The van der Waals surface area contributed by atoms with E-state index < -0.39 is 18.2 Å². The van der Waals surface area contributed by atoms with E-state index in [2.05, 4.69) is 7.15 Å². The van der Waals surface area contributed by atoms with Gasteiger partial charge in [-0.1, -0.05) is 0 Å². The van der Waals surface area contributed by atoms with Gasteiger partial charge in [0.2, 0.25) is 0 Å². The Morgan fingerprint density at radius 1 is 1.50 bits per heavy atom. The Hall–Kier alpha value is 0.708. The predicted molar refractivity (Wildman–Crippen MR) is 23.5 cm³/mol. The molecule has 0 aliphatic heterocycles. The molecule has 1 atom stereocenters. The maximum atomic E-state index is 10.2. The second-order valence-electron chi connectivity index (χ2n) is 1.05.